The molecule has 0 bridgehead atoms. The Bertz CT molecular complexity index is 890. The van der Waals surface area contributed by atoms with Crippen molar-refractivity contribution < 1.29 is 9.47 Å². The number of benzene rings is 1. The normalized spacial score (nSPS) is 21.3. The minimum absolute atomic E-state index is 0.578. The summed E-state index contributed by atoms with van der Waals surface area (Å²) in [6.45, 7) is 15.4. The molecule has 0 aliphatic carbocycles. The number of nitrogens with zero attached hydrogens (tertiary/aromatic N) is 3. The molecule has 0 spiro atoms. The molecule has 31 heavy (non-hydrogen) atoms. The van der Waals surface area contributed by atoms with Gasteiger partial charge in [0.15, 0.2) is 11.5 Å². The third-order valence-corrected chi connectivity index (χ3v) is 7.25. The van der Waals surface area contributed by atoms with Crippen molar-refractivity contribution in [3.8, 4) is 11.5 Å². The van der Waals surface area contributed by atoms with Crippen LogP contribution in [-0.4, -0.2) is 67.3 Å². The van der Waals surface area contributed by atoms with Gasteiger partial charge in [0, 0.05) is 35.7 Å². The van der Waals surface area contributed by atoms with Crippen molar-refractivity contribution in [2.75, 3.05) is 46.4 Å². The molecule has 1 aromatic heterocycles. The molecule has 1 atom stereocenters. The molecule has 5 heteroatoms. The van der Waals surface area contributed by atoms with Gasteiger partial charge in [-0.3, -0.25) is 4.98 Å². The molecular formula is C26H39N3O2. The van der Waals surface area contributed by atoms with Crippen molar-refractivity contribution in [2.24, 2.45) is 5.92 Å². The monoisotopic (exact) mass is 425 g/mol. The van der Waals surface area contributed by atoms with Crippen LogP contribution in [0.15, 0.2) is 18.2 Å². The quantitative estimate of drug-likeness (QED) is 0.633. The highest BCUT2D eigenvalue weighted by atomic mass is 16.5. The Morgan fingerprint density at radius 2 is 1.84 bits per heavy atom. The van der Waals surface area contributed by atoms with Gasteiger partial charge in [-0.25, -0.2) is 0 Å². The number of methoxy groups -OCH3 is 1. The highest BCUT2D eigenvalue weighted by Gasteiger charge is 2.25. The second-order valence-corrected chi connectivity index (χ2v) is 9.64. The molecule has 0 unspecified atom stereocenters. The van der Waals surface area contributed by atoms with Crippen LogP contribution in [0.3, 0.4) is 0 Å². The van der Waals surface area contributed by atoms with Gasteiger partial charge < -0.3 is 19.3 Å². The van der Waals surface area contributed by atoms with Crippen molar-refractivity contribution >= 4 is 10.9 Å². The molecule has 0 radical (unpaired) electrons. The SMILES string of the molecule is CCN1CC[C@@H](COc2cc3nc(C)cc(C4CCN(C(C)C)CC4)c3cc2OC)C1. The van der Waals surface area contributed by atoms with Crippen molar-refractivity contribution in [3.63, 3.8) is 0 Å². The smallest absolute Gasteiger partial charge is 0.163 e. The summed E-state index contributed by atoms with van der Waals surface area (Å²) in [5.74, 6) is 2.81. The number of aromatic nitrogens is 1. The van der Waals surface area contributed by atoms with Crippen molar-refractivity contribution in [2.45, 2.75) is 58.9 Å². The van der Waals surface area contributed by atoms with Crippen LogP contribution in [0.1, 0.15) is 57.2 Å². The lowest BCUT2D eigenvalue weighted by Crippen LogP contribution is -2.37. The van der Waals surface area contributed by atoms with Crippen molar-refractivity contribution in [1.29, 1.82) is 0 Å². The van der Waals surface area contributed by atoms with Crippen LogP contribution in [0.5, 0.6) is 11.5 Å². The number of aryl methyl sites for hydroxylation is 1. The number of hydrogen-bond acceptors (Lipinski definition) is 5. The largest absolute Gasteiger partial charge is 0.493 e. The molecule has 2 aliphatic rings. The lowest BCUT2D eigenvalue weighted by atomic mass is 9.86. The van der Waals surface area contributed by atoms with E-state index in [2.05, 4.69) is 55.7 Å². The molecule has 0 N–H and O–H groups in total. The predicted molar refractivity (Wildman–Crippen MR) is 127 cm³/mol. The van der Waals surface area contributed by atoms with Gasteiger partial charge in [0.2, 0.25) is 0 Å². The number of fused-ring (bicyclic) bond motifs is 1. The Morgan fingerprint density at radius 3 is 2.48 bits per heavy atom. The van der Waals surface area contributed by atoms with E-state index in [0.717, 1.165) is 42.4 Å². The molecule has 4 rings (SSSR count). The van der Waals surface area contributed by atoms with E-state index >= 15 is 0 Å². The molecule has 170 valence electrons. The third kappa shape index (κ3) is 4.98. The zero-order chi connectivity index (χ0) is 22.0. The fourth-order valence-electron chi connectivity index (χ4n) is 5.28. The number of piperidine rings is 1. The molecule has 0 saturated carbocycles. The summed E-state index contributed by atoms with van der Waals surface area (Å²) in [6, 6.07) is 7.17. The van der Waals surface area contributed by atoms with Crippen LogP contribution >= 0.6 is 0 Å². The summed E-state index contributed by atoms with van der Waals surface area (Å²) < 4.78 is 12.0. The number of hydrogen-bond donors (Lipinski definition) is 0. The molecule has 3 heterocycles. The van der Waals surface area contributed by atoms with Crippen LogP contribution in [-0.2, 0) is 0 Å². The Labute approximate surface area is 187 Å². The Kier molecular flexibility index (Phi) is 7.02. The molecule has 1 aromatic carbocycles. The van der Waals surface area contributed by atoms with Gasteiger partial charge in [-0.05, 0) is 89.8 Å². The summed E-state index contributed by atoms with van der Waals surface area (Å²) >= 11 is 0. The lowest BCUT2D eigenvalue weighted by molar-refractivity contribution is 0.172. The van der Waals surface area contributed by atoms with Gasteiger partial charge in [0.05, 0.1) is 19.2 Å². The maximum Gasteiger partial charge on any atom is 0.163 e. The Hall–Kier alpha value is -1.85. The van der Waals surface area contributed by atoms with Crippen LogP contribution in [0.4, 0.5) is 0 Å². The molecule has 2 aliphatic heterocycles. The topological polar surface area (TPSA) is 37.8 Å². The second-order valence-electron chi connectivity index (χ2n) is 9.64. The second kappa shape index (κ2) is 9.74. The first-order valence-electron chi connectivity index (χ1n) is 12.1. The first-order valence-corrected chi connectivity index (χ1v) is 12.1. The van der Waals surface area contributed by atoms with E-state index in [9.17, 15) is 0 Å². The highest BCUT2D eigenvalue weighted by Crippen LogP contribution is 2.39. The average molecular weight is 426 g/mol. The van der Waals surface area contributed by atoms with Crippen molar-refractivity contribution in [1.82, 2.24) is 14.8 Å². The fraction of sp³-hybridized carbons (Fsp3) is 0.654. The molecule has 2 fully saturated rings. The first kappa shape index (κ1) is 22.3. The summed E-state index contributed by atoms with van der Waals surface area (Å²) in [4.78, 5) is 9.94. The Balaban J connectivity index is 1.57. The highest BCUT2D eigenvalue weighted by molar-refractivity contribution is 5.86. The first-order chi connectivity index (χ1) is 15.0. The maximum atomic E-state index is 6.28. The number of likely N-dealkylation sites (tertiary alicyclic amines) is 2. The molecule has 5 nitrogen and oxygen atoms in total. The van der Waals surface area contributed by atoms with E-state index < -0.39 is 0 Å². The average Bonchev–Trinajstić information content (AvgIpc) is 3.24. The molecule has 2 saturated heterocycles. The molecular weight excluding hydrogens is 386 g/mol. The lowest BCUT2D eigenvalue weighted by Gasteiger charge is -2.35. The number of pyridine rings is 1. The van der Waals surface area contributed by atoms with Crippen LogP contribution in [0, 0.1) is 12.8 Å². The zero-order valence-corrected chi connectivity index (χ0v) is 20.0. The van der Waals surface area contributed by atoms with E-state index in [1.165, 1.54) is 49.8 Å². The minimum atomic E-state index is 0.578. The zero-order valence-electron chi connectivity index (χ0n) is 20.0. The van der Waals surface area contributed by atoms with Crippen LogP contribution < -0.4 is 9.47 Å². The van der Waals surface area contributed by atoms with Gasteiger partial charge >= 0.3 is 0 Å². The van der Waals surface area contributed by atoms with Crippen LogP contribution in [0.25, 0.3) is 10.9 Å². The Morgan fingerprint density at radius 1 is 1.06 bits per heavy atom. The molecule has 2 aromatic rings. The summed E-state index contributed by atoms with van der Waals surface area (Å²) in [7, 11) is 1.74. The van der Waals surface area contributed by atoms with Crippen molar-refractivity contribution in [3.05, 3.63) is 29.5 Å². The predicted octanol–water partition coefficient (Wildman–Crippen LogP) is 4.86. The summed E-state index contributed by atoms with van der Waals surface area (Å²) in [5, 5.41) is 1.22. The minimum Gasteiger partial charge on any atom is -0.493 e. The van der Waals surface area contributed by atoms with Gasteiger partial charge in [-0.1, -0.05) is 6.92 Å². The summed E-state index contributed by atoms with van der Waals surface area (Å²) in [6.07, 6.45) is 3.61. The fourth-order valence-corrected chi connectivity index (χ4v) is 5.28. The van der Waals surface area contributed by atoms with Gasteiger partial charge in [0.1, 0.15) is 0 Å². The number of rotatable bonds is 7. The van der Waals surface area contributed by atoms with Gasteiger partial charge in [-0.15, -0.1) is 0 Å². The van der Waals surface area contributed by atoms with E-state index in [4.69, 9.17) is 14.5 Å². The van der Waals surface area contributed by atoms with E-state index in [1.54, 1.807) is 7.11 Å². The summed E-state index contributed by atoms with van der Waals surface area (Å²) in [5.41, 5.74) is 3.53. The number of ether oxygens (including phenoxy) is 2. The molecule has 0 amide bonds. The maximum absolute atomic E-state index is 6.28. The standard InChI is InChI=1S/C26H39N3O2/c1-6-28-10-7-20(16-28)17-31-26-15-24-23(14-25(26)30-5)22(13-19(4)27-24)21-8-11-29(12-9-21)18(2)3/h13-15,18,20-21H,6-12,16-17H2,1-5H3/t20-/m1/s1. The van der Waals surface area contributed by atoms with Gasteiger partial charge in [-0.2, -0.15) is 0 Å². The van der Waals surface area contributed by atoms with E-state index in [0.29, 0.717) is 17.9 Å². The van der Waals surface area contributed by atoms with Crippen LogP contribution in [0.2, 0.25) is 0 Å². The van der Waals surface area contributed by atoms with E-state index in [1.807, 2.05) is 0 Å². The van der Waals surface area contributed by atoms with E-state index in [-0.39, 0.29) is 0 Å². The third-order valence-electron chi connectivity index (χ3n) is 7.25. The van der Waals surface area contributed by atoms with Gasteiger partial charge in [0.25, 0.3) is 0 Å².